The summed E-state index contributed by atoms with van der Waals surface area (Å²) in [6, 6.07) is 103. The van der Waals surface area contributed by atoms with Crippen LogP contribution in [0.25, 0.3) is 55.6 Å². The third kappa shape index (κ3) is 34.3. The minimum Gasteiger partial charge on any atom is -0.198 e. The summed E-state index contributed by atoms with van der Waals surface area (Å²) >= 11 is 0. The maximum Gasteiger partial charge on any atom is 0.154 e. The van der Waals surface area contributed by atoms with Gasteiger partial charge in [0.15, 0.2) is 8.80 Å². The minimum absolute atomic E-state index is 0.0280. The topological polar surface area (TPSA) is 23.8 Å². The van der Waals surface area contributed by atoms with Crippen molar-refractivity contribution in [2.45, 2.75) is 266 Å². The second kappa shape index (κ2) is 48.4. The Morgan fingerprint density at radius 3 is 0.860 bits per heavy atom. The molecular weight excluding hydrogens is 1570 g/mol. The first-order chi connectivity index (χ1) is 65.3. The van der Waals surface area contributed by atoms with E-state index in [9.17, 15) is 0 Å². The van der Waals surface area contributed by atoms with E-state index in [0.717, 1.165) is 17.0 Å². The molecule has 1 radical (unpaired) electrons. The Morgan fingerprint density at radius 2 is 0.535 bits per heavy atom. The van der Waals surface area contributed by atoms with Crippen LogP contribution in [0.2, 0.25) is 0 Å². The Bertz CT molecular complexity index is 6040. The van der Waals surface area contributed by atoms with Crippen molar-refractivity contribution in [3.8, 4) is 61.7 Å². The van der Waals surface area contributed by atoms with Crippen molar-refractivity contribution in [2.24, 2.45) is 11.3 Å². The largest absolute Gasteiger partial charge is 0.198 e. The van der Waals surface area contributed by atoms with Gasteiger partial charge in [0.2, 0.25) is 0 Å². The molecule has 0 unspecified atom stereocenters. The first-order valence-corrected chi connectivity index (χ1v) is 47.2. The predicted molar refractivity (Wildman–Crippen MR) is 575 cm³/mol. The van der Waals surface area contributed by atoms with Gasteiger partial charge in [-0.05, 0) is 223 Å². The molecule has 0 N–H and O–H groups in total. The second-order valence-corrected chi connectivity index (χ2v) is 44.7. The first-order valence-electron chi connectivity index (χ1n) is 51.7. The van der Waals surface area contributed by atoms with Crippen LogP contribution in [-0.4, -0.2) is 8.80 Å². The van der Waals surface area contributed by atoms with E-state index in [-0.39, 0.29) is 90.8 Å². The number of aryl methyl sites for hydroxylation is 5. The molecule has 675 valence electrons. The van der Waals surface area contributed by atoms with Gasteiger partial charge in [-0.1, -0.05) is 544 Å². The van der Waals surface area contributed by atoms with Crippen LogP contribution in [0.15, 0.2) is 352 Å². The van der Waals surface area contributed by atoms with E-state index < -0.39 is 39.2 Å². The third-order valence-electron chi connectivity index (χ3n) is 20.9. The molecule has 2 heteroatoms. The standard InChI is InChI=1S/C23H24.C22H22.C18H15Si.C16H18.C14H22.C13H20.C12H18.C5H9N.C4H10/c1-17-10-8-13-19(16-17)21-15-9-14-20(22(21)23(2,3)4)18-11-6-5-7-12-18;1-22(2,3)21-19(17-11-6-4-7-12-17)15-10-16-20(21)18-13-8-5-9-14-18;1-4-10-16(11-5-1)19(17-12-6-2-7-13-17)18-14-8-3-9-15-18;1-16(2,3)15-12-8-7-11-14(15)13-9-5-4-6-10-13;1-13(2,3)11-9-7-8-10-12(11)14(4,5)6;1-9-7-10(2)12(11(3)8-9)13(4,5)6;1-9-7-6-8-10(2)11(9)12(3,4)5;1-5(2,3)4-6;1-4(2)3/h5-16H,1-4H3;4-16H,1-3H3;1-15H;4-12H,1-3H3;7-10H,1-6H3;7-8H,1-6H3;6-8H,1-5H3;1-3H3;4H,1-3H3/i5D,6D,7D,8D,10D,11D,12D,13D,16D;;;;;;1D3;;. The molecule has 0 heterocycles. The van der Waals surface area contributed by atoms with Crippen molar-refractivity contribution in [2.75, 3.05) is 0 Å². The number of rotatable bonds is 8. The van der Waals surface area contributed by atoms with Crippen LogP contribution in [0.5, 0.6) is 0 Å². The van der Waals surface area contributed by atoms with Gasteiger partial charge < -0.3 is 0 Å². The SMILES string of the molecule is CC(C)(C)C#N.CC(C)(C)c1c(-c2ccccc2)cccc1-c1ccccc1.CC(C)(C)c1ccccc1-c1ccccc1.CC(C)(C)c1ccccc1C(C)(C)C.CC(C)C.Cc1cc(C)c(C(C)(C)C)c(C)c1.[2H]C([2H])([2H])c1cccc(C)c1C(C)(C)C.[2H]c1c([2H])c([2H])c(-c2cccc(-c3c([2H])c([2H])c([2H])c(C)c3[2H])c2C(C)(C)C)c([2H])c1[2H].c1ccc([Si](c2ccccc2)c2ccccc2)cc1. The van der Waals surface area contributed by atoms with Crippen LogP contribution in [0, 0.1) is 64.1 Å². The lowest BCUT2D eigenvalue weighted by Crippen LogP contribution is -2.51. The molecule has 14 aromatic carbocycles. The molecule has 0 aliphatic heterocycles. The molecule has 0 aliphatic rings. The Balaban J connectivity index is 0.000000253. The summed E-state index contributed by atoms with van der Waals surface area (Å²) in [4.78, 5) is 0. The van der Waals surface area contributed by atoms with Crippen molar-refractivity contribution in [3.63, 3.8) is 0 Å². The fraction of sp³-hybridized carbons (Fsp3) is 0.331. The monoisotopic (exact) mass is 1740 g/mol. The Morgan fingerprint density at radius 1 is 0.264 bits per heavy atom. The molecule has 0 spiro atoms. The van der Waals surface area contributed by atoms with Gasteiger partial charge in [-0.25, -0.2) is 0 Å². The third-order valence-corrected chi connectivity index (χ3v) is 23.7. The molecule has 0 aromatic heterocycles. The van der Waals surface area contributed by atoms with E-state index in [0.29, 0.717) is 22.3 Å². The summed E-state index contributed by atoms with van der Waals surface area (Å²) in [5, 5.41) is 12.5. The van der Waals surface area contributed by atoms with Gasteiger partial charge in [-0.2, -0.15) is 5.26 Å². The molecule has 0 fully saturated rings. The summed E-state index contributed by atoms with van der Waals surface area (Å²) < 4.78 is 96.7. The number of hydrogen-bond acceptors (Lipinski definition) is 1. The van der Waals surface area contributed by atoms with Crippen LogP contribution in [0.3, 0.4) is 0 Å². The number of nitrogens with zero attached hydrogens (tertiary/aromatic N) is 1. The van der Waals surface area contributed by atoms with Crippen molar-refractivity contribution in [3.05, 3.63) is 424 Å². The zero-order chi connectivity index (χ0) is 106. The van der Waals surface area contributed by atoms with Gasteiger partial charge in [0.05, 0.1) is 18.4 Å². The highest BCUT2D eigenvalue weighted by atomic mass is 28.3. The highest BCUT2D eigenvalue weighted by Gasteiger charge is 2.28. The second-order valence-electron chi connectivity index (χ2n) is 42.2. The lowest BCUT2D eigenvalue weighted by atomic mass is 9.75. The van der Waals surface area contributed by atoms with E-state index >= 15 is 0 Å². The zero-order valence-electron chi connectivity index (χ0n) is 96.3. The lowest BCUT2D eigenvalue weighted by molar-refractivity contribution is 0.530. The summed E-state index contributed by atoms with van der Waals surface area (Å²) in [7, 11) is -0.877. The van der Waals surface area contributed by atoms with E-state index in [1.807, 2.05) is 81.4 Å². The molecule has 0 saturated heterocycles. The molecule has 14 rings (SSSR count). The van der Waals surface area contributed by atoms with Gasteiger partial charge in [-0.3, -0.25) is 0 Å². The van der Waals surface area contributed by atoms with Gasteiger partial charge in [0.1, 0.15) is 0 Å². The van der Waals surface area contributed by atoms with E-state index in [2.05, 4.69) is 412 Å². The summed E-state index contributed by atoms with van der Waals surface area (Å²) in [6.07, 6.45) is 0. The highest BCUT2D eigenvalue weighted by Crippen LogP contribution is 2.43. The summed E-state index contributed by atoms with van der Waals surface area (Å²) in [5.41, 5.74) is 24.0. The van der Waals surface area contributed by atoms with Gasteiger partial charge in [0.25, 0.3) is 0 Å². The number of benzene rings is 14. The molecule has 129 heavy (non-hydrogen) atoms. The van der Waals surface area contributed by atoms with E-state index in [1.54, 1.807) is 31.2 Å². The molecule has 0 atom stereocenters. The van der Waals surface area contributed by atoms with Gasteiger partial charge in [0, 0.05) is 9.53 Å². The van der Waals surface area contributed by atoms with Gasteiger partial charge >= 0.3 is 0 Å². The fourth-order valence-corrected chi connectivity index (χ4v) is 18.5. The normalized spacial score (nSPS) is 12.8. The molecule has 0 bridgehead atoms. The summed E-state index contributed by atoms with van der Waals surface area (Å²) in [6.45, 7) is 66.2. The average molecular weight is 1740 g/mol. The molecule has 1 nitrogen and oxygen atoms in total. The van der Waals surface area contributed by atoms with Crippen molar-refractivity contribution in [1.82, 2.24) is 0 Å². The smallest absolute Gasteiger partial charge is 0.154 e. The molecule has 0 aliphatic carbocycles. The van der Waals surface area contributed by atoms with E-state index in [4.69, 9.17) is 21.7 Å². The lowest BCUT2D eigenvalue weighted by Gasteiger charge is -2.29. The van der Waals surface area contributed by atoms with Crippen molar-refractivity contribution < 1.29 is 16.4 Å². The van der Waals surface area contributed by atoms with Crippen LogP contribution in [0.4, 0.5) is 0 Å². The Hall–Kier alpha value is -11.2. The highest BCUT2D eigenvalue weighted by molar-refractivity contribution is 6.95. The predicted octanol–water partition coefficient (Wildman–Crippen LogP) is 34.8. The minimum atomic E-state index is -2.02. The van der Waals surface area contributed by atoms with Crippen LogP contribution < -0.4 is 15.6 Å². The number of hydrogen-bond donors (Lipinski definition) is 0. The first kappa shape index (κ1) is 88.4. The maximum atomic E-state index is 8.59. The molecule has 0 saturated carbocycles. The van der Waals surface area contributed by atoms with Crippen molar-refractivity contribution >= 4 is 24.4 Å². The Labute approximate surface area is 804 Å². The van der Waals surface area contributed by atoms with Crippen LogP contribution in [0.1, 0.15) is 276 Å². The van der Waals surface area contributed by atoms with E-state index in [1.165, 1.54) is 93.4 Å². The average Bonchev–Trinajstić information content (AvgIpc) is 0.733. The molecule has 0 amide bonds. The van der Waals surface area contributed by atoms with Crippen LogP contribution >= 0.6 is 0 Å². The van der Waals surface area contributed by atoms with Crippen LogP contribution in [-0.2, 0) is 37.9 Å². The maximum absolute atomic E-state index is 8.59. The molecular formula is C127H158NSi. The van der Waals surface area contributed by atoms with Crippen molar-refractivity contribution in [1.29, 1.82) is 5.26 Å². The van der Waals surface area contributed by atoms with Gasteiger partial charge in [-0.15, -0.1) is 0 Å². The summed E-state index contributed by atoms with van der Waals surface area (Å²) in [5.74, 6) is 0.833. The molecule has 14 aromatic rings. The zero-order valence-corrected chi connectivity index (χ0v) is 85.3. The fourth-order valence-electron chi connectivity index (χ4n) is 15.9. The quantitative estimate of drug-likeness (QED) is 0.110. The Kier molecular flexibility index (Phi) is 33.2. The number of nitriles is 1.